The molecule has 0 bridgehead atoms. The van der Waals surface area contributed by atoms with Crippen molar-refractivity contribution in [3.63, 3.8) is 0 Å². The molecule has 0 aliphatic rings. The van der Waals surface area contributed by atoms with Crippen molar-refractivity contribution in [2.24, 2.45) is 0 Å². The third-order valence-electron chi connectivity index (χ3n) is 4.05. The van der Waals surface area contributed by atoms with E-state index in [0.717, 1.165) is 28.1 Å². The zero-order valence-electron chi connectivity index (χ0n) is 15.0. The van der Waals surface area contributed by atoms with Crippen LogP contribution < -0.4 is 10.1 Å². The quantitative estimate of drug-likeness (QED) is 0.779. The number of hydrogen-bond donors (Lipinski definition) is 1. The Morgan fingerprint density at radius 3 is 2.17 bits per heavy atom. The van der Waals surface area contributed by atoms with Gasteiger partial charge in [0.2, 0.25) is 5.91 Å². The van der Waals surface area contributed by atoms with Gasteiger partial charge in [0.05, 0.1) is 7.11 Å². The van der Waals surface area contributed by atoms with Gasteiger partial charge in [-0.2, -0.15) is 0 Å². The minimum Gasteiger partial charge on any atom is -0.497 e. The molecule has 0 aliphatic carbocycles. The SMILES string of the molecule is COc1cc(C)c(/C=C/C(=O)Nc2ccc(C(C)C)cc2)c(C)c1. The van der Waals surface area contributed by atoms with Crippen molar-refractivity contribution in [1.29, 1.82) is 0 Å². The van der Waals surface area contributed by atoms with Gasteiger partial charge in [-0.1, -0.05) is 26.0 Å². The zero-order chi connectivity index (χ0) is 17.7. The first-order valence-electron chi connectivity index (χ1n) is 8.15. The molecular formula is C21H25NO2. The fourth-order valence-corrected chi connectivity index (χ4v) is 2.61. The van der Waals surface area contributed by atoms with Gasteiger partial charge in [-0.15, -0.1) is 0 Å². The van der Waals surface area contributed by atoms with Crippen LogP contribution in [0.4, 0.5) is 5.69 Å². The lowest BCUT2D eigenvalue weighted by molar-refractivity contribution is -0.111. The summed E-state index contributed by atoms with van der Waals surface area (Å²) in [5.74, 6) is 1.18. The fourth-order valence-electron chi connectivity index (χ4n) is 2.61. The number of ether oxygens (including phenoxy) is 1. The summed E-state index contributed by atoms with van der Waals surface area (Å²) in [5.41, 5.74) is 5.26. The summed E-state index contributed by atoms with van der Waals surface area (Å²) < 4.78 is 5.26. The van der Waals surface area contributed by atoms with Crippen LogP contribution in [-0.2, 0) is 4.79 Å². The summed E-state index contributed by atoms with van der Waals surface area (Å²) in [6, 6.07) is 11.9. The monoisotopic (exact) mass is 323 g/mol. The molecule has 0 aromatic heterocycles. The van der Waals surface area contributed by atoms with Gasteiger partial charge in [0.15, 0.2) is 0 Å². The molecule has 0 aliphatic heterocycles. The molecule has 24 heavy (non-hydrogen) atoms. The summed E-state index contributed by atoms with van der Waals surface area (Å²) in [7, 11) is 1.65. The van der Waals surface area contributed by atoms with Crippen molar-refractivity contribution in [1.82, 2.24) is 0 Å². The Balaban J connectivity index is 2.08. The Bertz CT molecular complexity index is 720. The Labute approximate surface area is 144 Å². The first-order chi connectivity index (χ1) is 11.4. The topological polar surface area (TPSA) is 38.3 Å². The van der Waals surface area contributed by atoms with Crippen molar-refractivity contribution in [2.75, 3.05) is 12.4 Å². The zero-order valence-corrected chi connectivity index (χ0v) is 15.0. The lowest BCUT2D eigenvalue weighted by atomic mass is 10.0. The van der Waals surface area contributed by atoms with Gasteiger partial charge in [-0.25, -0.2) is 0 Å². The predicted octanol–water partition coefficient (Wildman–Crippen LogP) is 5.09. The highest BCUT2D eigenvalue weighted by atomic mass is 16.5. The fraction of sp³-hybridized carbons (Fsp3) is 0.286. The number of hydrogen-bond acceptors (Lipinski definition) is 2. The number of nitrogens with one attached hydrogen (secondary N) is 1. The van der Waals surface area contributed by atoms with Gasteiger partial charge in [0.1, 0.15) is 5.75 Å². The highest BCUT2D eigenvalue weighted by Gasteiger charge is 2.05. The maximum absolute atomic E-state index is 12.1. The van der Waals surface area contributed by atoms with Gasteiger partial charge in [-0.05, 0) is 72.4 Å². The molecule has 1 amide bonds. The van der Waals surface area contributed by atoms with E-state index in [2.05, 4.69) is 19.2 Å². The molecule has 0 unspecified atom stereocenters. The first-order valence-corrected chi connectivity index (χ1v) is 8.15. The summed E-state index contributed by atoms with van der Waals surface area (Å²) in [4.78, 5) is 12.1. The van der Waals surface area contributed by atoms with Gasteiger partial charge < -0.3 is 10.1 Å². The van der Waals surface area contributed by atoms with E-state index in [9.17, 15) is 4.79 Å². The van der Waals surface area contributed by atoms with E-state index in [4.69, 9.17) is 4.74 Å². The Morgan fingerprint density at radius 1 is 1.08 bits per heavy atom. The van der Waals surface area contributed by atoms with E-state index >= 15 is 0 Å². The molecule has 0 atom stereocenters. The summed E-state index contributed by atoms with van der Waals surface area (Å²) >= 11 is 0. The van der Waals surface area contributed by atoms with Gasteiger partial charge in [0, 0.05) is 11.8 Å². The van der Waals surface area contributed by atoms with Crippen LogP contribution in [0.3, 0.4) is 0 Å². The van der Waals surface area contributed by atoms with Gasteiger partial charge in [0.25, 0.3) is 0 Å². The molecular weight excluding hydrogens is 298 g/mol. The Morgan fingerprint density at radius 2 is 1.67 bits per heavy atom. The summed E-state index contributed by atoms with van der Waals surface area (Å²) in [5, 5.41) is 2.89. The molecule has 3 heteroatoms. The molecule has 0 spiro atoms. The van der Waals surface area contributed by atoms with E-state index in [1.165, 1.54) is 5.56 Å². The smallest absolute Gasteiger partial charge is 0.248 e. The van der Waals surface area contributed by atoms with Crippen LogP contribution in [0.5, 0.6) is 5.75 Å². The van der Waals surface area contributed by atoms with Crippen LogP contribution in [0.15, 0.2) is 42.5 Å². The number of methoxy groups -OCH3 is 1. The highest BCUT2D eigenvalue weighted by molar-refractivity contribution is 6.02. The van der Waals surface area contributed by atoms with E-state index in [1.807, 2.05) is 56.3 Å². The molecule has 0 radical (unpaired) electrons. The van der Waals surface area contributed by atoms with Crippen LogP contribution in [0.1, 0.15) is 42.0 Å². The minimum absolute atomic E-state index is 0.137. The van der Waals surface area contributed by atoms with Crippen LogP contribution in [0.2, 0.25) is 0 Å². The summed E-state index contributed by atoms with van der Waals surface area (Å²) in [6.45, 7) is 8.32. The average molecular weight is 323 g/mol. The van der Waals surface area contributed by atoms with E-state index < -0.39 is 0 Å². The van der Waals surface area contributed by atoms with Gasteiger partial charge >= 0.3 is 0 Å². The van der Waals surface area contributed by atoms with Gasteiger partial charge in [-0.3, -0.25) is 4.79 Å². The van der Waals surface area contributed by atoms with Crippen molar-refractivity contribution < 1.29 is 9.53 Å². The minimum atomic E-state index is -0.137. The van der Waals surface area contributed by atoms with Crippen molar-refractivity contribution in [2.45, 2.75) is 33.6 Å². The predicted molar refractivity (Wildman–Crippen MR) is 101 cm³/mol. The van der Waals surface area contributed by atoms with Crippen LogP contribution in [0, 0.1) is 13.8 Å². The second-order valence-corrected chi connectivity index (χ2v) is 6.27. The lowest BCUT2D eigenvalue weighted by Crippen LogP contribution is -2.07. The molecule has 3 nitrogen and oxygen atoms in total. The number of anilines is 1. The second-order valence-electron chi connectivity index (χ2n) is 6.27. The molecule has 0 fully saturated rings. The van der Waals surface area contributed by atoms with E-state index in [0.29, 0.717) is 5.92 Å². The second kappa shape index (κ2) is 7.82. The number of rotatable bonds is 5. The third kappa shape index (κ3) is 4.48. The third-order valence-corrected chi connectivity index (χ3v) is 4.05. The van der Waals surface area contributed by atoms with E-state index in [-0.39, 0.29) is 5.91 Å². The van der Waals surface area contributed by atoms with E-state index in [1.54, 1.807) is 13.2 Å². The molecule has 2 aromatic carbocycles. The average Bonchev–Trinajstić information content (AvgIpc) is 2.54. The number of carbonyl (C=O) groups excluding carboxylic acids is 1. The molecule has 0 saturated heterocycles. The molecule has 126 valence electrons. The van der Waals surface area contributed by atoms with Crippen molar-refractivity contribution >= 4 is 17.7 Å². The Kier molecular flexibility index (Phi) is 5.80. The first kappa shape index (κ1) is 17.8. The maximum Gasteiger partial charge on any atom is 0.248 e. The molecule has 0 heterocycles. The van der Waals surface area contributed by atoms with Crippen molar-refractivity contribution in [3.05, 3.63) is 64.7 Å². The number of benzene rings is 2. The largest absolute Gasteiger partial charge is 0.497 e. The van der Waals surface area contributed by atoms with Crippen molar-refractivity contribution in [3.8, 4) is 5.75 Å². The normalized spacial score (nSPS) is 11.1. The van der Waals surface area contributed by atoms with Crippen LogP contribution in [0.25, 0.3) is 6.08 Å². The molecule has 2 rings (SSSR count). The van der Waals surface area contributed by atoms with Crippen LogP contribution >= 0.6 is 0 Å². The number of carbonyl (C=O) groups is 1. The molecule has 0 saturated carbocycles. The number of amides is 1. The summed E-state index contributed by atoms with van der Waals surface area (Å²) in [6.07, 6.45) is 3.42. The molecule has 2 aromatic rings. The number of aryl methyl sites for hydroxylation is 2. The lowest BCUT2D eigenvalue weighted by Gasteiger charge is -2.09. The standard InChI is InChI=1S/C21H25NO2/c1-14(2)17-6-8-18(9-7-17)22-21(23)11-10-20-15(3)12-19(24-5)13-16(20)4/h6-14H,1-5H3,(H,22,23)/b11-10+. The molecule has 1 N–H and O–H groups in total. The maximum atomic E-state index is 12.1. The van der Waals surface area contributed by atoms with Crippen LogP contribution in [-0.4, -0.2) is 13.0 Å². The Hall–Kier alpha value is -2.55. The highest BCUT2D eigenvalue weighted by Crippen LogP contribution is 2.23.